The highest BCUT2D eigenvalue weighted by molar-refractivity contribution is 5.97. The number of urea groups is 1. The van der Waals surface area contributed by atoms with Crippen LogP contribution in [0, 0.1) is 6.92 Å². The summed E-state index contributed by atoms with van der Waals surface area (Å²) in [5.74, 6) is -0.480. The number of hydrogen-bond acceptors (Lipinski definition) is 3. The van der Waals surface area contributed by atoms with Gasteiger partial charge >= 0.3 is 6.03 Å². The minimum absolute atomic E-state index is 0.108. The smallest absolute Gasteiger partial charge is 0.319 e. The molecule has 0 aliphatic carbocycles. The van der Waals surface area contributed by atoms with E-state index >= 15 is 0 Å². The van der Waals surface area contributed by atoms with Crippen molar-refractivity contribution in [1.29, 1.82) is 0 Å². The molecule has 0 radical (unpaired) electrons. The molecule has 0 aromatic heterocycles. The van der Waals surface area contributed by atoms with Crippen molar-refractivity contribution in [3.05, 3.63) is 54.1 Å². The fourth-order valence-corrected chi connectivity index (χ4v) is 2.19. The lowest BCUT2D eigenvalue weighted by atomic mass is 10.2. The largest absolute Gasteiger partial charge is 0.329 e. The number of benzene rings is 2. The molecule has 0 saturated carbocycles. The first-order chi connectivity index (χ1) is 12.5. The van der Waals surface area contributed by atoms with Crippen LogP contribution in [0.25, 0.3) is 0 Å². The van der Waals surface area contributed by atoms with E-state index in [1.165, 1.54) is 0 Å². The van der Waals surface area contributed by atoms with Crippen LogP contribution in [-0.2, 0) is 9.59 Å². The quantitative estimate of drug-likeness (QED) is 0.641. The number of hydrogen-bond donors (Lipinski definition) is 4. The lowest BCUT2D eigenvalue weighted by molar-refractivity contribution is -0.116. The van der Waals surface area contributed by atoms with E-state index in [1.807, 2.05) is 25.1 Å². The summed E-state index contributed by atoms with van der Waals surface area (Å²) in [5, 5.41) is 10.5. The predicted octanol–water partition coefficient (Wildman–Crippen LogP) is 3.10. The molecule has 4 N–H and O–H groups in total. The molecule has 136 valence electrons. The Hall–Kier alpha value is -3.35. The van der Waals surface area contributed by atoms with E-state index < -0.39 is 6.03 Å². The van der Waals surface area contributed by atoms with Gasteiger partial charge in [-0.3, -0.25) is 9.59 Å². The van der Waals surface area contributed by atoms with Gasteiger partial charge in [0.05, 0.1) is 6.54 Å². The second kappa shape index (κ2) is 9.22. The number of carbonyl (C=O) groups excluding carboxylic acids is 3. The highest BCUT2D eigenvalue weighted by Gasteiger charge is 2.07. The maximum Gasteiger partial charge on any atom is 0.319 e. The van der Waals surface area contributed by atoms with Crippen LogP contribution in [0.5, 0.6) is 0 Å². The molecule has 0 saturated heterocycles. The molecule has 2 rings (SSSR count). The monoisotopic (exact) mass is 354 g/mol. The van der Waals surface area contributed by atoms with Crippen molar-refractivity contribution in [2.24, 2.45) is 0 Å². The van der Waals surface area contributed by atoms with Gasteiger partial charge in [0.15, 0.2) is 0 Å². The van der Waals surface area contributed by atoms with E-state index in [-0.39, 0.29) is 18.4 Å². The fraction of sp³-hybridized carbons (Fsp3) is 0.211. The van der Waals surface area contributed by atoms with Gasteiger partial charge in [-0.15, -0.1) is 0 Å². The summed E-state index contributed by atoms with van der Waals surface area (Å²) < 4.78 is 0. The molecule has 0 atom stereocenters. The molecule has 26 heavy (non-hydrogen) atoms. The van der Waals surface area contributed by atoms with Crippen molar-refractivity contribution in [3.8, 4) is 0 Å². The predicted molar refractivity (Wildman–Crippen MR) is 102 cm³/mol. The van der Waals surface area contributed by atoms with Crippen molar-refractivity contribution >= 4 is 34.9 Å². The zero-order valence-corrected chi connectivity index (χ0v) is 14.8. The molecule has 0 spiro atoms. The number of nitrogens with one attached hydrogen (secondary N) is 4. The summed E-state index contributed by atoms with van der Waals surface area (Å²) in [6.45, 7) is 3.51. The Balaban J connectivity index is 1.82. The van der Waals surface area contributed by atoms with E-state index in [0.717, 1.165) is 5.56 Å². The molecule has 2 aromatic rings. The van der Waals surface area contributed by atoms with E-state index in [1.54, 1.807) is 37.3 Å². The van der Waals surface area contributed by atoms with E-state index in [2.05, 4.69) is 21.3 Å². The lowest BCUT2D eigenvalue weighted by Crippen LogP contribution is -2.35. The molecule has 0 bridgehead atoms. The average molecular weight is 354 g/mol. The molecule has 0 aliphatic rings. The van der Waals surface area contributed by atoms with Gasteiger partial charge in [-0.2, -0.15) is 0 Å². The van der Waals surface area contributed by atoms with Crippen molar-refractivity contribution in [2.75, 3.05) is 22.5 Å². The topological polar surface area (TPSA) is 99.3 Å². The van der Waals surface area contributed by atoms with Gasteiger partial charge in [0.2, 0.25) is 11.8 Å². The van der Waals surface area contributed by atoms with Crippen LogP contribution in [-0.4, -0.2) is 24.4 Å². The summed E-state index contributed by atoms with van der Waals surface area (Å²) in [7, 11) is 0. The van der Waals surface area contributed by atoms with Gasteiger partial charge in [0.25, 0.3) is 0 Å². The Bertz CT molecular complexity index is 805. The average Bonchev–Trinajstić information content (AvgIpc) is 2.60. The third-order valence-corrected chi connectivity index (χ3v) is 3.44. The first-order valence-electron chi connectivity index (χ1n) is 8.27. The number of aryl methyl sites for hydroxylation is 1. The molecule has 0 heterocycles. The Kier molecular flexibility index (Phi) is 6.73. The van der Waals surface area contributed by atoms with Crippen LogP contribution in [0.1, 0.15) is 18.9 Å². The second-order valence-electron chi connectivity index (χ2n) is 5.71. The first-order valence-corrected chi connectivity index (χ1v) is 8.27. The third kappa shape index (κ3) is 6.27. The Labute approximate surface area is 152 Å². The second-order valence-corrected chi connectivity index (χ2v) is 5.71. The van der Waals surface area contributed by atoms with Crippen molar-refractivity contribution in [1.82, 2.24) is 5.32 Å². The maximum atomic E-state index is 12.0. The van der Waals surface area contributed by atoms with E-state index in [0.29, 0.717) is 23.5 Å². The van der Waals surface area contributed by atoms with Gasteiger partial charge in [-0.25, -0.2) is 4.79 Å². The molecule has 7 heteroatoms. The molecule has 0 unspecified atom stereocenters. The normalized spacial score (nSPS) is 9.92. The maximum absolute atomic E-state index is 12.0. The van der Waals surface area contributed by atoms with Crippen LogP contribution in [0.3, 0.4) is 0 Å². The summed E-state index contributed by atoms with van der Waals surface area (Å²) >= 11 is 0. The SMILES string of the molecule is CCC(=O)Nc1cccc(NC(=O)CNC(=O)Nc2cccc(C)c2)c1. The van der Waals surface area contributed by atoms with Crippen LogP contribution in [0.2, 0.25) is 0 Å². The van der Waals surface area contributed by atoms with Crippen molar-refractivity contribution < 1.29 is 14.4 Å². The molecule has 2 aromatic carbocycles. The van der Waals surface area contributed by atoms with E-state index in [4.69, 9.17) is 0 Å². The van der Waals surface area contributed by atoms with Gasteiger partial charge < -0.3 is 21.3 Å². The minimum atomic E-state index is -0.463. The molecule has 0 aliphatic heterocycles. The Morgan fingerprint density at radius 2 is 1.38 bits per heavy atom. The molecule has 0 fully saturated rings. The highest BCUT2D eigenvalue weighted by Crippen LogP contribution is 2.15. The van der Waals surface area contributed by atoms with Crippen molar-refractivity contribution in [2.45, 2.75) is 20.3 Å². The zero-order valence-electron chi connectivity index (χ0n) is 14.8. The number of anilines is 3. The molecule has 4 amide bonds. The zero-order chi connectivity index (χ0) is 18.9. The minimum Gasteiger partial charge on any atom is -0.329 e. The first kappa shape index (κ1) is 19.0. The number of rotatable bonds is 6. The standard InChI is InChI=1S/C19H22N4O3/c1-3-17(24)21-15-8-5-9-16(11-15)22-18(25)12-20-19(26)23-14-7-4-6-13(2)10-14/h4-11H,3,12H2,1-2H3,(H,21,24)(H,22,25)(H2,20,23,26). The number of carbonyl (C=O) groups is 3. The Morgan fingerprint density at radius 1 is 0.808 bits per heavy atom. The van der Waals surface area contributed by atoms with E-state index in [9.17, 15) is 14.4 Å². The third-order valence-electron chi connectivity index (χ3n) is 3.44. The molecular weight excluding hydrogens is 332 g/mol. The van der Waals surface area contributed by atoms with Gasteiger partial charge in [0, 0.05) is 23.5 Å². The van der Waals surface area contributed by atoms with Crippen LogP contribution >= 0.6 is 0 Å². The van der Waals surface area contributed by atoms with Crippen molar-refractivity contribution in [3.63, 3.8) is 0 Å². The molecular formula is C19H22N4O3. The summed E-state index contributed by atoms with van der Waals surface area (Å²) in [5.41, 5.74) is 2.81. The van der Waals surface area contributed by atoms with Crippen LogP contribution in [0.15, 0.2) is 48.5 Å². The lowest BCUT2D eigenvalue weighted by Gasteiger charge is -2.10. The van der Waals surface area contributed by atoms with Crippen LogP contribution < -0.4 is 21.3 Å². The summed E-state index contributed by atoms with van der Waals surface area (Å²) in [6.07, 6.45) is 0.372. The highest BCUT2D eigenvalue weighted by atomic mass is 16.2. The molecule has 7 nitrogen and oxygen atoms in total. The summed E-state index contributed by atoms with van der Waals surface area (Å²) in [6, 6.07) is 13.7. The van der Waals surface area contributed by atoms with Gasteiger partial charge in [-0.1, -0.05) is 25.1 Å². The fourth-order valence-electron chi connectivity index (χ4n) is 2.19. The number of amides is 4. The van der Waals surface area contributed by atoms with Gasteiger partial charge in [-0.05, 0) is 42.8 Å². The van der Waals surface area contributed by atoms with Gasteiger partial charge in [0.1, 0.15) is 0 Å². The van der Waals surface area contributed by atoms with Crippen LogP contribution in [0.4, 0.5) is 21.9 Å². The summed E-state index contributed by atoms with van der Waals surface area (Å²) in [4.78, 5) is 35.2. The Morgan fingerprint density at radius 3 is 2.00 bits per heavy atom.